The first-order valence-electron chi connectivity index (χ1n) is 5.16. The predicted molar refractivity (Wildman–Crippen MR) is 58.1 cm³/mol. The molecule has 1 heterocycles. The molecule has 1 rings (SSSR count). The molecule has 1 aliphatic rings. The topological polar surface area (TPSA) is 20.3 Å². The molecule has 76 valence electrons. The van der Waals surface area contributed by atoms with Crippen molar-refractivity contribution in [2.24, 2.45) is 5.92 Å². The van der Waals surface area contributed by atoms with Crippen molar-refractivity contribution in [1.29, 1.82) is 0 Å². The van der Waals surface area contributed by atoms with Crippen molar-refractivity contribution in [3.8, 4) is 0 Å². The Hall–Kier alpha value is -0.180. The summed E-state index contributed by atoms with van der Waals surface area (Å²) in [5.74, 6) is 1.90. The third-order valence-corrected chi connectivity index (χ3v) is 3.02. The zero-order valence-corrected chi connectivity index (χ0v) is 9.22. The average molecular weight is 201 g/mol. The maximum Gasteiger partial charge on any atom is 0.222 e. The van der Waals surface area contributed by atoms with Gasteiger partial charge < -0.3 is 4.90 Å². The molecule has 2 nitrogen and oxygen atoms in total. The van der Waals surface area contributed by atoms with Crippen molar-refractivity contribution in [2.45, 2.75) is 32.6 Å². The van der Waals surface area contributed by atoms with E-state index in [1.165, 1.54) is 0 Å². The summed E-state index contributed by atoms with van der Waals surface area (Å²) in [6.45, 7) is 4.09. The van der Waals surface area contributed by atoms with E-state index in [4.69, 9.17) is 0 Å². The van der Waals surface area contributed by atoms with Crippen LogP contribution in [-0.2, 0) is 4.79 Å². The van der Waals surface area contributed by atoms with E-state index in [9.17, 15) is 4.79 Å². The molecule has 0 aliphatic carbocycles. The van der Waals surface area contributed by atoms with Crippen LogP contribution in [0.1, 0.15) is 32.6 Å². The molecule has 0 saturated carbocycles. The summed E-state index contributed by atoms with van der Waals surface area (Å²) in [5.41, 5.74) is 0. The number of carbonyl (C=O) groups excluding carboxylic acids is 1. The molecule has 0 aromatic carbocycles. The molecule has 0 aromatic rings. The van der Waals surface area contributed by atoms with Crippen LogP contribution in [0.15, 0.2) is 0 Å². The lowest BCUT2D eigenvalue weighted by Crippen LogP contribution is -2.26. The van der Waals surface area contributed by atoms with Crippen molar-refractivity contribution in [2.75, 3.05) is 18.8 Å². The number of hydrogen-bond donors (Lipinski definition) is 1. The number of hydrogen-bond acceptors (Lipinski definition) is 2. The number of nitrogens with zero attached hydrogens (tertiary/aromatic N) is 1. The first kappa shape index (κ1) is 10.9. The summed E-state index contributed by atoms with van der Waals surface area (Å²) in [5, 5.41) is 0. The maximum atomic E-state index is 11.4. The van der Waals surface area contributed by atoms with E-state index in [2.05, 4.69) is 19.6 Å². The Balaban J connectivity index is 2.23. The molecule has 0 aromatic heterocycles. The van der Waals surface area contributed by atoms with E-state index in [1.54, 1.807) is 0 Å². The van der Waals surface area contributed by atoms with Gasteiger partial charge in [-0.25, -0.2) is 0 Å². The lowest BCUT2D eigenvalue weighted by Gasteiger charge is -2.15. The molecule has 1 aliphatic heterocycles. The Labute approximate surface area is 86.1 Å². The second kappa shape index (κ2) is 5.53. The van der Waals surface area contributed by atoms with Gasteiger partial charge in [-0.2, -0.15) is 12.6 Å². The van der Waals surface area contributed by atoms with E-state index >= 15 is 0 Å². The van der Waals surface area contributed by atoms with Gasteiger partial charge in [0.2, 0.25) is 5.91 Å². The van der Waals surface area contributed by atoms with Crippen LogP contribution in [0.4, 0.5) is 0 Å². The number of carbonyl (C=O) groups is 1. The highest BCUT2D eigenvalue weighted by atomic mass is 32.1. The highest BCUT2D eigenvalue weighted by molar-refractivity contribution is 7.80. The quantitative estimate of drug-likeness (QED) is 0.532. The molecule has 1 unspecified atom stereocenters. The smallest absolute Gasteiger partial charge is 0.222 e. The van der Waals surface area contributed by atoms with Crippen molar-refractivity contribution < 1.29 is 4.79 Å². The number of thiol groups is 1. The fourth-order valence-corrected chi connectivity index (χ4v) is 1.98. The van der Waals surface area contributed by atoms with Crippen LogP contribution in [-0.4, -0.2) is 29.6 Å². The van der Waals surface area contributed by atoms with Gasteiger partial charge in [-0.05, 0) is 24.5 Å². The van der Waals surface area contributed by atoms with E-state index in [1.807, 2.05) is 4.90 Å². The lowest BCUT2D eigenvalue weighted by molar-refractivity contribution is -0.127. The average Bonchev–Trinajstić information content (AvgIpc) is 2.48. The van der Waals surface area contributed by atoms with E-state index < -0.39 is 0 Å². The van der Waals surface area contributed by atoms with Crippen molar-refractivity contribution in [1.82, 2.24) is 4.90 Å². The van der Waals surface area contributed by atoms with Gasteiger partial charge in [0.25, 0.3) is 0 Å². The number of rotatable bonds is 5. The van der Waals surface area contributed by atoms with Crippen LogP contribution in [0, 0.1) is 5.92 Å². The van der Waals surface area contributed by atoms with Gasteiger partial charge >= 0.3 is 0 Å². The largest absolute Gasteiger partial charge is 0.342 e. The molecule has 1 amide bonds. The minimum absolute atomic E-state index is 0.353. The Morgan fingerprint density at radius 2 is 2.31 bits per heavy atom. The van der Waals surface area contributed by atoms with Crippen LogP contribution in [0.5, 0.6) is 0 Å². The summed E-state index contributed by atoms with van der Waals surface area (Å²) in [6, 6.07) is 0. The number of amides is 1. The highest BCUT2D eigenvalue weighted by Crippen LogP contribution is 2.20. The molecule has 0 spiro atoms. The Bertz CT molecular complexity index is 172. The minimum Gasteiger partial charge on any atom is -0.342 e. The van der Waals surface area contributed by atoms with Gasteiger partial charge in [0.05, 0.1) is 0 Å². The third-order valence-electron chi connectivity index (χ3n) is 2.71. The van der Waals surface area contributed by atoms with Gasteiger partial charge in [-0.1, -0.05) is 13.3 Å². The fraction of sp³-hybridized carbons (Fsp3) is 0.900. The zero-order valence-electron chi connectivity index (χ0n) is 8.33. The second-order valence-corrected chi connectivity index (χ2v) is 4.20. The Kier molecular flexibility index (Phi) is 4.64. The van der Waals surface area contributed by atoms with Crippen LogP contribution < -0.4 is 0 Å². The second-order valence-electron chi connectivity index (χ2n) is 3.75. The van der Waals surface area contributed by atoms with Crippen molar-refractivity contribution in [3.05, 3.63) is 0 Å². The molecule has 3 heteroatoms. The molecule has 13 heavy (non-hydrogen) atoms. The molecule has 1 atom stereocenters. The molecule has 0 bridgehead atoms. The van der Waals surface area contributed by atoms with Gasteiger partial charge in [-0.15, -0.1) is 0 Å². The third kappa shape index (κ3) is 3.22. The van der Waals surface area contributed by atoms with Gasteiger partial charge in [0, 0.05) is 19.5 Å². The molecule has 0 N–H and O–H groups in total. The van der Waals surface area contributed by atoms with Gasteiger partial charge in [0.15, 0.2) is 0 Å². The standard InChI is InChI=1S/C10H19NOS/c1-2-9-7-10(12)11(8-9)5-3-4-6-13/h9,13H,2-8H2,1H3. The van der Waals surface area contributed by atoms with Crippen molar-refractivity contribution >= 4 is 18.5 Å². The van der Waals surface area contributed by atoms with Crippen LogP contribution in [0.3, 0.4) is 0 Å². The predicted octanol–water partition coefficient (Wildman–Crippen LogP) is 1.95. The van der Waals surface area contributed by atoms with Crippen LogP contribution in [0.2, 0.25) is 0 Å². The first-order valence-corrected chi connectivity index (χ1v) is 5.79. The summed E-state index contributed by atoms with van der Waals surface area (Å²) in [4.78, 5) is 13.5. The van der Waals surface area contributed by atoms with Crippen LogP contribution in [0.25, 0.3) is 0 Å². The number of unbranched alkanes of at least 4 members (excludes halogenated alkanes) is 1. The van der Waals surface area contributed by atoms with E-state index in [-0.39, 0.29) is 0 Å². The monoisotopic (exact) mass is 201 g/mol. The molecule has 0 radical (unpaired) electrons. The molecule has 1 saturated heterocycles. The molecular weight excluding hydrogens is 182 g/mol. The van der Waals surface area contributed by atoms with Gasteiger partial charge in [-0.3, -0.25) is 4.79 Å². The van der Waals surface area contributed by atoms with E-state index in [0.29, 0.717) is 11.8 Å². The molecular formula is C10H19NOS. The normalized spacial score (nSPS) is 22.8. The van der Waals surface area contributed by atoms with Crippen molar-refractivity contribution in [3.63, 3.8) is 0 Å². The summed E-state index contributed by atoms with van der Waals surface area (Å²) in [7, 11) is 0. The highest BCUT2D eigenvalue weighted by Gasteiger charge is 2.27. The van der Waals surface area contributed by atoms with Gasteiger partial charge in [0.1, 0.15) is 0 Å². The maximum absolute atomic E-state index is 11.4. The minimum atomic E-state index is 0.353. The van der Waals surface area contributed by atoms with Crippen LogP contribution >= 0.6 is 12.6 Å². The SMILES string of the molecule is CCC1CC(=O)N(CCCCS)C1. The summed E-state index contributed by atoms with van der Waals surface area (Å²) in [6.07, 6.45) is 4.13. The summed E-state index contributed by atoms with van der Waals surface area (Å²) < 4.78 is 0. The Morgan fingerprint density at radius 1 is 1.54 bits per heavy atom. The zero-order chi connectivity index (χ0) is 9.68. The van der Waals surface area contributed by atoms with E-state index in [0.717, 1.165) is 44.5 Å². The Morgan fingerprint density at radius 3 is 2.85 bits per heavy atom. The lowest BCUT2D eigenvalue weighted by atomic mass is 10.1. The number of likely N-dealkylation sites (tertiary alicyclic amines) is 1. The first-order chi connectivity index (χ1) is 6.27. The molecule has 1 fully saturated rings. The summed E-state index contributed by atoms with van der Waals surface area (Å²) >= 11 is 4.15. The fourth-order valence-electron chi connectivity index (χ4n) is 1.76.